The maximum Gasteiger partial charge on any atom is 0.233 e. The largest absolute Gasteiger partial charge is 0.354 e. The minimum absolute atomic E-state index is 0.140. The minimum Gasteiger partial charge on any atom is -0.354 e. The zero-order valence-corrected chi connectivity index (χ0v) is 13.8. The van der Waals surface area contributed by atoms with Crippen LogP contribution in [0.1, 0.15) is 6.92 Å². The summed E-state index contributed by atoms with van der Waals surface area (Å²) in [5.41, 5.74) is 0.841. The lowest BCUT2D eigenvalue weighted by atomic mass is 10.3. The molecule has 2 rings (SSSR count). The molecule has 0 atom stereocenters. The molecule has 0 bridgehead atoms. The Kier molecular flexibility index (Phi) is 4.95. The van der Waals surface area contributed by atoms with E-state index in [2.05, 4.69) is 57.4 Å². The van der Waals surface area contributed by atoms with Crippen LogP contribution >= 0.6 is 43.5 Å². The van der Waals surface area contributed by atoms with Crippen molar-refractivity contribution in [3.05, 3.63) is 32.4 Å². The highest BCUT2D eigenvalue weighted by Gasteiger charge is 2.07. The highest BCUT2D eigenvalue weighted by molar-refractivity contribution is 9.11. The number of benzene rings is 1. The van der Waals surface area contributed by atoms with E-state index in [9.17, 15) is 0 Å². The third kappa shape index (κ3) is 4.02. The highest BCUT2D eigenvalue weighted by Crippen LogP contribution is 2.28. The van der Waals surface area contributed by atoms with Crippen LogP contribution < -0.4 is 10.6 Å². The van der Waals surface area contributed by atoms with Crippen LogP contribution in [0.2, 0.25) is 5.28 Å². The van der Waals surface area contributed by atoms with Gasteiger partial charge in [-0.25, -0.2) is 0 Å². The number of hydrogen-bond acceptors (Lipinski definition) is 5. The van der Waals surface area contributed by atoms with E-state index >= 15 is 0 Å². The molecular formula is C11H10Br2ClN5. The van der Waals surface area contributed by atoms with Crippen LogP contribution in [0.4, 0.5) is 17.6 Å². The van der Waals surface area contributed by atoms with Crippen LogP contribution in [0.5, 0.6) is 0 Å². The van der Waals surface area contributed by atoms with Gasteiger partial charge < -0.3 is 10.6 Å². The number of aromatic nitrogens is 3. The first kappa shape index (κ1) is 14.5. The molecule has 0 spiro atoms. The Morgan fingerprint density at radius 1 is 1.16 bits per heavy atom. The smallest absolute Gasteiger partial charge is 0.233 e. The average molecular weight is 407 g/mol. The fourth-order valence-electron chi connectivity index (χ4n) is 1.35. The summed E-state index contributed by atoms with van der Waals surface area (Å²) in [4.78, 5) is 12.2. The van der Waals surface area contributed by atoms with E-state index < -0.39 is 0 Å². The molecule has 0 radical (unpaired) electrons. The van der Waals surface area contributed by atoms with Crippen LogP contribution in [0.3, 0.4) is 0 Å². The van der Waals surface area contributed by atoms with Crippen molar-refractivity contribution in [1.29, 1.82) is 0 Å². The molecule has 5 nitrogen and oxygen atoms in total. The molecule has 1 aromatic carbocycles. The monoisotopic (exact) mass is 405 g/mol. The highest BCUT2D eigenvalue weighted by atomic mass is 79.9. The zero-order valence-electron chi connectivity index (χ0n) is 9.91. The van der Waals surface area contributed by atoms with Crippen LogP contribution in [0.15, 0.2) is 27.1 Å². The Hall–Kier alpha value is -0.920. The lowest BCUT2D eigenvalue weighted by Gasteiger charge is -2.09. The lowest BCUT2D eigenvalue weighted by Crippen LogP contribution is -2.06. The third-order valence-electron chi connectivity index (χ3n) is 2.12. The number of nitrogens with one attached hydrogen (secondary N) is 2. The normalized spacial score (nSPS) is 10.3. The van der Waals surface area contributed by atoms with Crippen LogP contribution in [0, 0.1) is 0 Å². The molecular weight excluding hydrogens is 397 g/mol. The van der Waals surface area contributed by atoms with Gasteiger partial charge in [-0.3, -0.25) is 0 Å². The van der Waals surface area contributed by atoms with Gasteiger partial charge in [-0.1, -0.05) is 15.9 Å². The summed E-state index contributed by atoms with van der Waals surface area (Å²) < 4.78 is 1.87. The summed E-state index contributed by atoms with van der Waals surface area (Å²) in [6.07, 6.45) is 0. The second-order valence-electron chi connectivity index (χ2n) is 3.53. The van der Waals surface area contributed by atoms with Gasteiger partial charge in [0.15, 0.2) is 0 Å². The minimum atomic E-state index is 0.140. The Morgan fingerprint density at radius 2 is 1.89 bits per heavy atom. The molecule has 1 aromatic heterocycles. The molecule has 0 saturated carbocycles. The fourth-order valence-corrected chi connectivity index (χ4v) is 2.66. The topological polar surface area (TPSA) is 62.7 Å². The maximum atomic E-state index is 5.86. The summed E-state index contributed by atoms with van der Waals surface area (Å²) in [6, 6.07) is 5.75. The first-order valence-corrected chi connectivity index (χ1v) is 7.42. The summed E-state index contributed by atoms with van der Waals surface area (Å²) in [7, 11) is 0. The SMILES string of the molecule is CCNc1nc(Cl)nc(Nc2ccc(Br)cc2Br)n1. The maximum absolute atomic E-state index is 5.86. The van der Waals surface area contributed by atoms with Crippen LogP contribution in [-0.2, 0) is 0 Å². The summed E-state index contributed by atoms with van der Waals surface area (Å²) >= 11 is 12.7. The van der Waals surface area contributed by atoms with E-state index in [1.54, 1.807) is 0 Å². The molecule has 2 N–H and O–H groups in total. The van der Waals surface area contributed by atoms with Gasteiger partial charge in [-0.2, -0.15) is 15.0 Å². The van der Waals surface area contributed by atoms with E-state index in [0.717, 1.165) is 14.6 Å². The second kappa shape index (κ2) is 6.49. The average Bonchev–Trinajstić information content (AvgIpc) is 2.32. The zero-order chi connectivity index (χ0) is 13.8. The van der Waals surface area contributed by atoms with Crippen molar-refractivity contribution in [2.75, 3.05) is 17.2 Å². The molecule has 0 aliphatic heterocycles. The van der Waals surface area contributed by atoms with Crippen molar-refractivity contribution in [3.8, 4) is 0 Å². The van der Waals surface area contributed by atoms with Gasteiger partial charge in [-0.05, 0) is 52.7 Å². The van der Waals surface area contributed by atoms with Gasteiger partial charge >= 0.3 is 0 Å². The van der Waals surface area contributed by atoms with Crippen molar-refractivity contribution in [3.63, 3.8) is 0 Å². The van der Waals surface area contributed by atoms with Crippen molar-refractivity contribution < 1.29 is 0 Å². The predicted molar refractivity (Wildman–Crippen MR) is 84.1 cm³/mol. The molecule has 0 saturated heterocycles. The molecule has 19 heavy (non-hydrogen) atoms. The molecule has 8 heteroatoms. The molecule has 0 aliphatic carbocycles. The van der Waals surface area contributed by atoms with E-state index in [-0.39, 0.29) is 5.28 Å². The Labute approximate surface area is 132 Å². The number of rotatable bonds is 4. The fraction of sp³-hybridized carbons (Fsp3) is 0.182. The van der Waals surface area contributed by atoms with Gasteiger partial charge in [0.25, 0.3) is 0 Å². The predicted octanol–water partition coefficient (Wildman–Crippen LogP) is 4.23. The van der Waals surface area contributed by atoms with Crippen LogP contribution in [0.25, 0.3) is 0 Å². The molecule has 1 heterocycles. The van der Waals surface area contributed by atoms with Gasteiger partial charge in [-0.15, -0.1) is 0 Å². The van der Waals surface area contributed by atoms with Crippen molar-refractivity contribution in [1.82, 2.24) is 15.0 Å². The second-order valence-corrected chi connectivity index (χ2v) is 5.64. The van der Waals surface area contributed by atoms with Crippen molar-refractivity contribution in [2.24, 2.45) is 0 Å². The van der Waals surface area contributed by atoms with Crippen molar-refractivity contribution >= 4 is 61.0 Å². The van der Waals surface area contributed by atoms with Gasteiger partial charge in [0.05, 0.1) is 5.69 Å². The number of anilines is 3. The van der Waals surface area contributed by atoms with Crippen molar-refractivity contribution in [2.45, 2.75) is 6.92 Å². The molecule has 100 valence electrons. The third-order valence-corrected chi connectivity index (χ3v) is 3.44. The molecule has 2 aromatic rings. The van der Waals surface area contributed by atoms with E-state index in [1.807, 2.05) is 25.1 Å². The lowest BCUT2D eigenvalue weighted by molar-refractivity contribution is 1.02. The van der Waals surface area contributed by atoms with E-state index in [4.69, 9.17) is 11.6 Å². The Bertz CT molecular complexity index is 593. The standard InChI is InChI=1S/C11H10Br2ClN5/c1-2-15-10-17-9(14)18-11(19-10)16-8-4-3-6(12)5-7(8)13/h3-5H,2H2,1H3,(H2,15,16,17,18,19). The number of hydrogen-bond donors (Lipinski definition) is 2. The Balaban J connectivity index is 2.27. The first-order valence-electron chi connectivity index (χ1n) is 5.46. The van der Waals surface area contributed by atoms with E-state index in [0.29, 0.717) is 18.4 Å². The molecule has 0 unspecified atom stereocenters. The van der Waals surface area contributed by atoms with Gasteiger partial charge in [0.1, 0.15) is 0 Å². The Morgan fingerprint density at radius 3 is 2.58 bits per heavy atom. The quantitative estimate of drug-likeness (QED) is 0.794. The number of nitrogens with zero attached hydrogens (tertiary/aromatic N) is 3. The van der Waals surface area contributed by atoms with Crippen LogP contribution in [-0.4, -0.2) is 21.5 Å². The summed E-state index contributed by atoms with van der Waals surface area (Å²) in [5, 5.41) is 6.22. The first-order chi connectivity index (χ1) is 9.08. The molecule has 0 aliphatic rings. The number of halogens is 3. The summed E-state index contributed by atoms with van der Waals surface area (Å²) in [5.74, 6) is 0.831. The molecule has 0 fully saturated rings. The molecule has 0 amide bonds. The summed E-state index contributed by atoms with van der Waals surface area (Å²) in [6.45, 7) is 2.66. The van der Waals surface area contributed by atoms with Gasteiger partial charge in [0.2, 0.25) is 17.2 Å². The van der Waals surface area contributed by atoms with Gasteiger partial charge in [0, 0.05) is 15.5 Å². The van der Waals surface area contributed by atoms with E-state index in [1.165, 1.54) is 0 Å².